The van der Waals surface area contributed by atoms with E-state index in [0.29, 0.717) is 17.2 Å². The molecule has 0 aliphatic heterocycles. The smallest absolute Gasteiger partial charge is 0.122 e. The average Bonchev–Trinajstić information content (AvgIpc) is 2.49. The Hall–Kier alpha value is -2.67. The lowest BCUT2D eigenvalue weighted by molar-refractivity contribution is 0.393. The van der Waals surface area contributed by atoms with Crippen LogP contribution in [0.25, 0.3) is 0 Å². The van der Waals surface area contributed by atoms with Gasteiger partial charge in [0.1, 0.15) is 11.5 Å². The molecule has 4 nitrogen and oxygen atoms in total. The van der Waals surface area contributed by atoms with E-state index in [1.54, 1.807) is 32.4 Å². The van der Waals surface area contributed by atoms with Crippen LogP contribution in [0.5, 0.6) is 11.5 Å². The number of anilines is 1. The van der Waals surface area contributed by atoms with Gasteiger partial charge < -0.3 is 15.2 Å². The van der Waals surface area contributed by atoms with Crippen LogP contribution in [-0.4, -0.2) is 14.2 Å². The molecule has 102 valence electrons. The van der Waals surface area contributed by atoms with Crippen LogP contribution in [0.1, 0.15) is 17.0 Å². The number of nitrogens with two attached hydrogens (primary N) is 1. The van der Waals surface area contributed by atoms with Crippen molar-refractivity contribution in [3.8, 4) is 17.6 Å². The summed E-state index contributed by atoms with van der Waals surface area (Å²) < 4.78 is 10.5. The second-order valence-electron chi connectivity index (χ2n) is 4.37. The number of nitriles is 1. The van der Waals surface area contributed by atoms with Crippen molar-refractivity contribution in [3.63, 3.8) is 0 Å². The van der Waals surface area contributed by atoms with E-state index < -0.39 is 0 Å². The molecule has 0 aromatic heterocycles. The summed E-state index contributed by atoms with van der Waals surface area (Å²) in [5.41, 5.74) is 8.06. The molecule has 0 aliphatic rings. The van der Waals surface area contributed by atoms with E-state index in [1.165, 1.54) is 0 Å². The maximum Gasteiger partial charge on any atom is 0.122 e. The van der Waals surface area contributed by atoms with Crippen molar-refractivity contribution < 1.29 is 9.47 Å². The summed E-state index contributed by atoms with van der Waals surface area (Å²) in [6.07, 6.45) is 0. The summed E-state index contributed by atoms with van der Waals surface area (Å²) in [6.45, 7) is 0. The molecule has 2 aromatic rings. The van der Waals surface area contributed by atoms with Gasteiger partial charge in [0, 0.05) is 11.8 Å². The van der Waals surface area contributed by atoms with E-state index in [2.05, 4.69) is 6.07 Å². The zero-order chi connectivity index (χ0) is 14.5. The highest BCUT2D eigenvalue weighted by Crippen LogP contribution is 2.31. The predicted molar refractivity (Wildman–Crippen MR) is 77.9 cm³/mol. The molecule has 0 fully saturated rings. The van der Waals surface area contributed by atoms with Crippen molar-refractivity contribution in [3.05, 3.63) is 53.6 Å². The molecular weight excluding hydrogens is 252 g/mol. The zero-order valence-corrected chi connectivity index (χ0v) is 11.5. The van der Waals surface area contributed by atoms with Crippen LogP contribution < -0.4 is 15.2 Å². The highest BCUT2D eigenvalue weighted by atomic mass is 16.5. The third-order valence-electron chi connectivity index (χ3n) is 3.11. The summed E-state index contributed by atoms with van der Waals surface area (Å²) in [7, 11) is 3.17. The molecule has 0 amide bonds. The minimum Gasteiger partial charge on any atom is -0.497 e. The lowest BCUT2D eigenvalue weighted by Crippen LogP contribution is -2.00. The number of ether oxygens (including phenoxy) is 2. The van der Waals surface area contributed by atoms with Crippen LogP contribution in [0.3, 0.4) is 0 Å². The molecule has 0 radical (unpaired) electrons. The molecule has 0 saturated heterocycles. The molecule has 20 heavy (non-hydrogen) atoms. The number of rotatable bonds is 4. The number of hydrogen-bond acceptors (Lipinski definition) is 4. The third-order valence-corrected chi connectivity index (χ3v) is 3.11. The number of nitrogen functional groups attached to an aromatic ring is 1. The van der Waals surface area contributed by atoms with Crippen LogP contribution in [0, 0.1) is 11.3 Å². The molecular formula is C16H16N2O2. The van der Waals surface area contributed by atoms with Gasteiger partial charge in [-0.25, -0.2) is 0 Å². The molecule has 1 unspecified atom stereocenters. The average molecular weight is 268 g/mol. The number of hydrogen-bond donors (Lipinski definition) is 1. The Balaban J connectivity index is 2.46. The first-order chi connectivity index (χ1) is 9.67. The molecule has 4 heteroatoms. The maximum absolute atomic E-state index is 9.47. The summed E-state index contributed by atoms with van der Waals surface area (Å²) in [4.78, 5) is 0. The summed E-state index contributed by atoms with van der Waals surface area (Å²) in [5, 5.41) is 9.47. The molecule has 0 bridgehead atoms. The van der Waals surface area contributed by atoms with Crippen LogP contribution in [0.4, 0.5) is 5.69 Å². The van der Waals surface area contributed by atoms with Gasteiger partial charge in [0.05, 0.1) is 26.2 Å². The van der Waals surface area contributed by atoms with Gasteiger partial charge in [-0.1, -0.05) is 12.1 Å². The van der Waals surface area contributed by atoms with Gasteiger partial charge in [-0.2, -0.15) is 5.26 Å². The SMILES string of the molecule is COc1cc(OC)cc(C(C#N)c2ccc(N)cc2)c1. The minimum atomic E-state index is -0.389. The van der Waals surface area contributed by atoms with Crippen molar-refractivity contribution in [2.75, 3.05) is 20.0 Å². The Labute approximate surface area is 118 Å². The molecule has 0 aliphatic carbocycles. The second kappa shape index (κ2) is 5.98. The van der Waals surface area contributed by atoms with E-state index in [-0.39, 0.29) is 5.92 Å². The fourth-order valence-corrected chi connectivity index (χ4v) is 2.03. The van der Waals surface area contributed by atoms with E-state index in [4.69, 9.17) is 15.2 Å². The van der Waals surface area contributed by atoms with E-state index >= 15 is 0 Å². The predicted octanol–water partition coefficient (Wildman–Crippen LogP) is 2.94. The third kappa shape index (κ3) is 2.83. The molecule has 2 aromatic carbocycles. The Kier molecular flexibility index (Phi) is 4.11. The number of benzene rings is 2. The summed E-state index contributed by atoms with van der Waals surface area (Å²) >= 11 is 0. The Morgan fingerprint density at radius 1 is 0.950 bits per heavy atom. The van der Waals surface area contributed by atoms with E-state index in [0.717, 1.165) is 11.1 Å². The lowest BCUT2D eigenvalue weighted by Gasteiger charge is -2.13. The van der Waals surface area contributed by atoms with E-state index in [9.17, 15) is 5.26 Å². The minimum absolute atomic E-state index is 0.389. The molecule has 2 N–H and O–H groups in total. The Morgan fingerprint density at radius 2 is 1.50 bits per heavy atom. The topological polar surface area (TPSA) is 68.3 Å². The van der Waals surface area contributed by atoms with Gasteiger partial charge in [0.2, 0.25) is 0 Å². The monoisotopic (exact) mass is 268 g/mol. The summed E-state index contributed by atoms with van der Waals surface area (Å²) in [6, 6.07) is 15.1. The first-order valence-corrected chi connectivity index (χ1v) is 6.16. The van der Waals surface area contributed by atoms with Gasteiger partial charge in [-0.3, -0.25) is 0 Å². The standard InChI is InChI=1S/C16H16N2O2/c1-19-14-7-12(8-15(9-14)20-2)16(10-17)11-3-5-13(18)6-4-11/h3-9,16H,18H2,1-2H3. The van der Waals surface area contributed by atoms with Crippen LogP contribution in [0.2, 0.25) is 0 Å². The van der Waals surface area contributed by atoms with Crippen molar-refractivity contribution in [1.82, 2.24) is 0 Å². The first-order valence-electron chi connectivity index (χ1n) is 6.16. The normalized spacial score (nSPS) is 11.4. The summed E-state index contributed by atoms with van der Waals surface area (Å²) in [5.74, 6) is 0.935. The molecule has 2 rings (SSSR count). The molecule has 0 heterocycles. The van der Waals surface area contributed by atoms with Crippen molar-refractivity contribution in [2.24, 2.45) is 0 Å². The van der Waals surface area contributed by atoms with Crippen LogP contribution in [0.15, 0.2) is 42.5 Å². The van der Waals surface area contributed by atoms with Gasteiger partial charge in [-0.15, -0.1) is 0 Å². The highest BCUT2D eigenvalue weighted by molar-refractivity contribution is 5.48. The number of nitrogens with zero attached hydrogens (tertiary/aromatic N) is 1. The fraction of sp³-hybridized carbons (Fsp3) is 0.188. The van der Waals surface area contributed by atoms with E-state index in [1.807, 2.05) is 24.3 Å². The fourth-order valence-electron chi connectivity index (χ4n) is 2.03. The van der Waals surface area contributed by atoms with Crippen molar-refractivity contribution in [2.45, 2.75) is 5.92 Å². The van der Waals surface area contributed by atoms with Gasteiger partial charge >= 0.3 is 0 Å². The highest BCUT2D eigenvalue weighted by Gasteiger charge is 2.15. The lowest BCUT2D eigenvalue weighted by atomic mass is 9.92. The quantitative estimate of drug-likeness (QED) is 0.866. The van der Waals surface area contributed by atoms with Crippen molar-refractivity contribution in [1.29, 1.82) is 5.26 Å². The maximum atomic E-state index is 9.47. The van der Waals surface area contributed by atoms with Crippen LogP contribution >= 0.6 is 0 Å². The Bertz CT molecular complexity index is 608. The molecule has 0 spiro atoms. The van der Waals surface area contributed by atoms with Crippen LogP contribution in [-0.2, 0) is 0 Å². The largest absolute Gasteiger partial charge is 0.497 e. The van der Waals surface area contributed by atoms with Crippen molar-refractivity contribution >= 4 is 5.69 Å². The number of methoxy groups -OCH3 is 2. The van der Waals surface area contributed by atoms with Gasteiger partial charge in [0.15, 0.2) is 0 Å². The first kappa shape index (κ1) is 13.8. The Morgan fingerprint density at radius 3 is 1.95 bits per heavy atom. The zero-order valence-electron chi connectivity index (χ0n) is 11.5. The van der Waals surface area contributed by atoms with Gasteiger partial charge in [-0.05, 0) is 35.4 Å². The van der Waals surface area contributed by atoms with Gasteiger partial charge in [0.25, 0.3) is 0 Å². The molecule has 1 atom stereocenters. The second-order valence-corrected chi connectivity index (χ2v) is 4.37. The molecule has 0 saturated carbocycles.